The van der Waals surface area contributed by atoms with Gasteiger partial charge in [0.05, 0.1) is 6.26 Å². The van der Waals surface area contributed by atoms with Crippen LogP contribution in [0.15, 0.2) is 24.3 Å². The molecule has 106 valence electrons. The van der Waals surface area contributed by atoms with Gasteiger partial charge < -0.3 is 5.32 Å². The molecule has 1 amide bonds. The van der Waals surface area contributed by atoms with E-state index in [1.54, 1.807) is 18.2 Å². The normalized spacial score (nSPS) is 11.3. The van der Waals surface area contributed by atoms with Crippen LogP contribution < -0.4 is 10.0 Å². The van der Waals surface area contributed by atoms with Crippen LogP contribution in [-0.4, -0.2) is 33.7 Å². The fourth-order valence-electron chi connectivity index (χ4n) is 1.45. The standard InChI is InChI=1S/C12H17ClN2O3S/c1-19(17,18)15-7-3-6-14-12(16)11-5-2-4-10(8-11)9-13/h2,4-5,8,15H,3,6-7,9H2,1H3,(H,14,16). The van der Waals surface area contributed by atoms with E-state index in [4.69, 9.17) is 11.6 Å². The largest absolute Gasteiger partial charge is 0.352 e. The summed E-state index contributed by atoms with van der Waals surface area (Å²) in [5.74, 6) is 0.172. The zero-order valence-electron chi connectivity index (χ0n) is 10.6. The van der Waals surface area contributed by atoms with E-state index in [-0.39, 0.29) is 5.91 Å². The molecule has 0 heterocycles. The molecule has 0 aliphatic rings. The molecular weight excluding hydrogens is 288 g/mol. The Balaban J connectivity index is 2.35. The van der Waals surface area contributed by atoms with Crippen molar-refractivity contribution in [2.45, 2.75) is 12.3 Å². The Labute approximate surface area is 118 Å². The van der Waals surface area contributed by atoms with Crippen molar-refractivity contribution in [2.75, 3.05) is 19.3 Å². The number of rotatable bonds is 7. The Morgan fingerprint density at radius 3 is 2.68 bits per heavy atom. The lowest BCUT2D eigenvalue weighted by Crippen LogP contribution is -2.29. The molecule has 0 bridgehead atoms. The second kappa shape index (κ2) is 7.47. The number of nitrogens with one attached hydrogen (secondary N) is 2. The lowest BCUT2D eigenvalue weighted by Gasteiger charge is -2.06. The number of sulfonamides is 1. The highest BCUT2D eigenvalue weighted by atomic mass is 35.5. The van der Waals surface area contributed by atoms with Crippen LogP contribution in [0, 0.1) is 0 Å². The Bertz CT molecular complexity index is 532. The number of hydrogen-bond donors (Lipinski definition) is 2. The number of carbonyl (C=O) groups is 1. The van der Waals surface area contributed by atoms with Gasteiger partial charge in [0.1, 0.15) is 0 Å². The molecule has 0 aliphatic heterocycles. The Hall–Kier alpha value is -1.11. The van der Waals surface area contributed by atoms with Crippen LogP contribution in [0.3, 0.4) is 0 Å². The Kier molecular flexibility index (Phi) is 6.27. The first-order chi connectivity index (χ1) is 8.92. The third kappa shape index (κ3) is 6.56. The minimum absolute atomic E-state index is 0.189. The highest BCUT2D eigenvalue weighted by Gasteiger charge is 2.05. The van der Waals surface area contributed by atoms with Gasteiger partial charge in [0.15, 0.2) is 0 Å². The van der Waals surface area contributed by atoms with Crippen molar-refractivity contribution in [3.63, 3.8) is 0 Å². The van der Waals surface area contributed by atoms with Gasteiger partial charge in [0, 0.05) is 24.5 Å². The monoisotopic (exact) mass is 304 g/mol. The van der Waals surface area contributed by atoms with Crippen molar-refractivity contribution >= 4 is 27.5 Å². The second-order valence-corrected chi connectivity index (χ2v) is 6.21. The maximum Gasteiger partial charge on any atom is 0.251 e. The van der Waals surface area contributed by atoms with E-state index in [1.807, 2.05) is 6.07 Å². The molecule has 7 heteroatoms. The van der Waals surface area contributed by atoms with Gasteiger partial charge in [-0.05, 0) is 24.1 Å². The minimum atomic E-state index is -3.16. The SMILES string of the molecule is CS(=O)(=O)NCCCNC(=O)c1cccc(CCl)c1. The number of amides is 1. The molecule has 0 radical (unpaired) electrons. The van der Waals surface area contributed by atoms with Gasteiger partial charge in [-0.25, -0.2) is 13.1 Å². The maximum absolute atomic E-state index is 11.8. The molecule has 1 aromatic carbocycles. The zero-order chi connectivity index (χ0) is 14.3. The van der Waals surface area contributed by atoms with E-state index in [0.29, 0.717) is 31.0 Å². The highest BCUT2D eigenvalue weighted by molar-refractivity contribution is 7.88. The number of alkyl halides is 1. The summed E-state index contributed by atoms with van der Waals surface area (Å²) in [7, 11) is -3.16. The summed E-state index contributed by atoms with van der Waals surface area (Å²) in [5.41, 5.74) is 1.43. The van der Waals surface area contributed by atoms with E-state index in [2.05, 4.69) is 10.0 Å². The van der Waals surface area contributed by atoms with Gasteiger partial charge in [-0.3, -0.25) is 4.79 Å². The second-order valence-electron chi connectivity index (χ2n) is 4.11. The van der Waals surface area contributed by atoms with Gasteiger partial charge in [-0.1, -0.05) is 12.1 Å². The molecule has 5 nitrogen and oxygen atoms in total. The number of halogens is 1. The molecule has 2 N–H and O–H groups in total. The number of benzene rings is 1. The topological polar surface area (TPSA) is 75.3 Å². The van der Waals surface area contributed by atoms with Crippen LogP contribution in [0.4, 0.5) is 0 Å². The number of carbonyl (C=O) groups excluding carboxylic acids is 1. The maximum atomic E-state index is 11.8. The van der Waals surface area contributed by atoms with E-state index in [0.717, 1.165) is 11.8 Å². The smallest absolute Gasteiger partial charge is 0.251 e. The zero-order valence-corrected chi connectivity index (χ0v) is 12.2. The molecule has 0 spiro atoms. The molecule has 0 saturated carbocycles. The Morgan fingerprint density at radius 2 is 2.05 bits per heavy atom. The van der Waals surface area contributed by atoms with Crippen molar-refractivity contribution in [1.82, 2.24) is 10.0 Å². The van der Waals surface area contributed by atoms with Gasteiger partial charge in [-0.2, -0.15) is 0 Å². The fourth-order valence-corrected chi connectivity index (χ4v) is 2.13. The summed E-state index contributed by atoms with van der Waals surface area (Å²) >= 11 is 5.70. The van der Waals surface area contributed by atoms with Crippen LogP contribution in [0.1, 0.15) is 22.3 Å². The summed E-state index contributed by atoms with van der Waals surface area (Å²) in [6.45, 7) is 0.716. The van der Waals surface area contributed by atoms with E-state index in [1.165, 1.54) is 0 Å². The Morgan fingerprint density at radius 1 is 1.32 bits per heavy atom. The van der Waals surface area contributed by atoms with Crippen LogP contribution in [0.25, 0.3) is 0 Å². The predicted octanol–water partition coefficient (Wildman–Crippen LogP) is 1.09. The first-order valence-electron chi connectivity index (χ1n) is 5.80. The third-order valence-electron chi connectivity index (χ3n) is 2.35. The summed E-state index contributed by atoms with van der Waals surface area (Å²) < 4.78 is 24.0. The molecule has 0 saturated heterocycles. The minimum Gasteiger partial charge on any atom is -0.352 e. The first kappa shape index (κ1) is 15.9. The molecule has 1 rings (SSSR count). The first-order valence-corrected chi connectivity index (χ1v) is 8.23. The van der Waals surface area contributed by atoms with Gasteiger partial charge in [-0.15, -0.1) is 11.6 Å². The van der Waals surface area contributed by atoms with Gasteiger partial charge in [0.2, 0.25) is 10.0 Å². The molecule has 0 aliphatic carbocycles. The van der Waals surface area contributed by atoms with Crippen molar-refractivity contribution in [2.24, 2.45) is 0 Å². The molecule has 0 fully saturated rings. The highest BCUT2D eigenvalue weighted by Crippen LogP contribution is 2.07. The van der Waals surface area contributed by atoms with Gasteiger partial charge in [0.25, 0.3) is 5.91 Å². The van der Waals surface area contributed by atoms with Crippen molar-refractivity contribution in [3.05, 3.63) is 35.4 Å². The quantitative estimate of drug-likeness (QED) is 0.585. The van der Waals surface area contributed by atoms with Crippen molar-refractivity contribution in [1.29, 1.82) is 0 Å². The van der Waals surface area contributed by atoms with Crippen molar-refractivity contribution < 1.29 is 13.2 Å². The lowest BCUT2D eigenvalue weighted by molar-refractivity contribution is 0.0953. The van der Waals surface area contributed by atoms with Crippen LogP contribution >= 0.6 is 11.6 Å². The molecule has 0 atom stereocenters. The number of hydrogen-bond acceptors (Lipinski definition) is 3. The molecular formula is C12H17ClN2O3S. The summed E-state index contributed by atoms with van der Waals surface area (Å²) in [6, 6.07) is 7.06. The van der Waals surface area contributed by atoms with Gasteiger partial charge >= 0.3 is 0 Å². The lowest BCUT2D eigenvalue weighted by atomic mass is 10.1. The van der Waals surface area contributed by atoms with Crippen molar-refractivity contribution in [3.8, 4) is 0 Å². The summed E-state index contributed by atoms with van der Waals surface area (Å²) in [4.78, 5) is 11.8. The summed E-state index contributed by atoms with van der Waals surface area (Å²) in [5, 5.41) is 2.72. The van der Waals surface area contributed by atoms with Crippen LogP contribution in [0.2, 0.25) is 0 Å². The van der Waals surface area contributed by atoms with E-state index >= 15 is 0 Å². The average molecular weight is 305 g/mol. The molecule has 0 aromatic heterocycles. The summed E-state index contributed by atoms with van der Waals surface area (Å²) in [6.07, 6.45) is 1.64. The van der Waals surface area contributed by atoms with Crippen LogP contribution in [0.5, 0.6) is 0 Å². The third-order valence-corrected chi connectivity index (χ3v) is 3.38. The average Bonchev–Trinajstić information content (AvgIpc) is 2.37. The van der Waals surface area contributed by atoms with E-state index in [9.17, 15) is 13.2 Å². The fraction of sp³-hybridized carbons (Fsp3) is 0.417. The van der Waals surface area contributed by atoms with Crippen LogP contribution in [-0.2, 0) is 15.9 Å². The van der Waals surface area contributed by atoms with E-state index < -0.39 is 10.0 Å². The molecule has 19 heavy (non-hydrogen) atoms. The predicted molar refractivity (Wildman–Crippen MR) is 75.8 cm³/mol. The molecule has 0 unspecified atom stereocenters. The molecule has 1 aromatic rings.